The van der Waals surface area contributed by atoms with Gasteiger partial charge in [-0.05, 0) is 45.9 Å². The topological polar surface area (TPSA) is 35.5 Å². The maximum atomic E-state index is 12.4. The summed E-state index contributed by atoms with van der Waals surface area (Å²) in [6, 6.07) is 14.7. The van der Waals surface area contributed by atoms with Gasteiger partial charge in [0.25, 0.3) is 0 Å². The fraction of sp³-hybridized carbons (Fsp3) is 0.542. The number of carbonyl (C=O) groups is 1. The highest BCUT2D eigenvalue weighted by Gasteiger charge is 2.50. The molecule has 154 valence electrons. The van der Waals surface area contributed by atoms with Gasteiger partial charge in [0.15, 0.2) is 0 Å². The summed E-state index contributed by atoms with van der Waals surface area (Å²) in [5, 5.41) is 2.34. The largest absolute Gasteiger partial charge is 0.469 e. The van der Waals surface area contributed by atoms with E-state index in [4.69, 9.17) is 9.16 Å². The minimum Gasteiger partial charge on any atom is -0.469 e. The minimum atomic E-state index is -2.20. The zero-order valence-electron chi connectivity index (χ0n) is 18.7. The summed E-state index contributed by atoms with van der Waals surface area (Å²) < 4.78 is 12.2. The minimum absolute atomic E-state index is 0.211. The van der Waals surface area contributed by atoms with Gasteiger partial charge in [0, 0.05) is 0 Å². The van der Waals surface area contributed by atoms with Crippen molar-refractivity contribution in [3.05, 3.63) is 48.0 Å². The Bertz CT molecular complexity index is 791. The monoisotopic (exact) mass is 400 g/mol. The number of benzene rings is 2. The number of carbonyl (C=O) groups excluding carboxylic acids is 1. The van der Waals surface area contributed by atoms with Gasteiger partial charge in [-0.3, -0.25) is 4.79 Å². The highest BCUT2D eigenvalue weighted by Crippen LogP contribution is 2.48. The molecule has 1 atom stereocenters. The lowest BCUT2D eigenvalue weighted by atomic mass is 9.91. The van der Waals surface area contributed by atoms with E-state index in [-0.39, 0.29) is 12.4 Å². The van der Waals surface area contributed by atoms with Crippen LogP contribution < -0.4 is 0 Å². The first-order chi connectivity index (χ1) is 13.1. The molecule has 0 spiro atoms. The number of hydrogen-bond acceptors (Lipinski definition) is 3. The van der Waals surface area contributed by atoms with Crippen LogP contribution in [0.5, 0.6) is 0 Å². The van der Waals surface area contributed by atoms with E-state index in [0.29, 0.717) is 16.6 Å². The van der Waals surface area contributed by atoms with Gasteiger partial charge in [-0.15, -0.1) is 0 Å². The molecular formula is C24H36O3Si. The van der Waals surface area contributed by atoms with Gasteiger partial charge in [0.2, 0.25) is 8.32 Å². The van der Waals surface area contributed by atoms with Gasteiger partial charge < -0.3 is 9.16 Å². The molecule has 0 aromatic heterocycles. The zero-order chi connectivity index (χ0) is 21.1. The normalized spacial score (nSPS) is 14.7. The SMILES string of the molecule is COC(=O)C[C@](C)(O[Si](C(C)C)(C(C)C)C(C)C)c1ccc2ccccc2c1. The van der Waals surface area contributed by atoms with Gasteiger partial charge in [-0.2, -0.15) is 0 Å². The number of hydrogen-bond donors (Lipinski definition) is 0. The predicted octanol–water partition coefficient (Wildman–Crippen LogP) is 6.81. The van der Waals surface area contributed by atoms with Crippen LogP contribution in [0.4, 0.5) is 0 Å². The fourth-order valence-corrected chi connectivity index (χ4v) is 10.5. The standard InChI is InChI=1S/C24H36O3Si/c1-17(2)28(18(3)4,19(5)6)27-24(7,16-23(25)26-8)22-14-13-20-11-9-10-12-21(20)15-22/h9-15,17-19H,16H2,1-8H3/t24-/m0/s1. The first-order valence-electron chi connectivity index (χ1n) is 10.3. The fourth-order valence-electron chi connectivity index (χ4n) is 4.81. The molecule has 2 aromatic carbocycles. The molecule has 3 nitrogen and oxygen atoms in total. The smallest absolute Gasteiger partial charge is 0.308 e. The molecule has 4 heteroatoms. The van der Waals surface area contributed by atoms with E-state index in [1.165, 1.54) is 12.5 Å². The summed E-state index contributed by atoms with van der Waals surface area (Å²) in [5.41, 5.74) is 1.62. The van der Waals surface area contributed by atoms with Crippen molar-refractivity contribution in [2.24, 2.45) is 0 Å². The first-order valence-corrected chi connectivity index (χ1v) is 12.5. The van der Waals surface area contributed by atoms with Crippen LogP contribution in [0.3, 0.4) is 0 Å². The molecule has 0 amide bonds. The quantitative estimate of drug-likeness (QED) is 0.360. The zero-order valence-corrected chi connectivity index (χ0v) is 19.7. The highest BCUT2D eigenvalue weighted by molar-refractivity contribution is 6.77. The molecule has 0 fully saturated rings. The van der Waals surface area contributed by atoms with Crippen LogP contribution >= 0.6 is 0 Å². The lowest BCUT2D eigenvalue weighted by Crippen LogP contribution is -2.53. The van der Waals surface area contributed by atoms with E-state index in [1.54, 1.807) is 0 Å². The van der Waals surface area contributed by atoms with E-state index in [0.717, 1.165) is 10.9 Å². The van der Waals surface area contributed by atoms with Crippen molar-refractivity contribution < 1.29 is 14.0 Å². The molecule has 0 radical (unpaired) electrons. The molecular weight excluding hydrogens is 364 g/mol. The van der Waals surface area contributed by atoms with E-state index < -0.39 is 13.9 Å². The summed E-state index contributed by atoms with van der Waals surface area (Å²) in [7, 11) is -0.755. The second-order valence-corrected chi connectivity index (χ2v) is 14.3. The Hall–Kier alpha value is -1.65. The van der Waals surface area contributed by atoms with E-state index in [9.17, 15) is 4.79 Å². The van der Waals surface area contributed by atoms with Gasteiger partial charge in [0.1, 0.15) is 0 Å². The summed E-state index contributed by atoms with van der Waals surface area (Å²) in [6.45, 7) is 15.7. The molecule has 2 aromatic rings. The molecule has 0 unspecified atom stereocenters. The maximum absolute atomic E-state index is 12.4. The van der Waals surface area contributed by atoms with Crippen LogP contribution in [0.15, 0.2) is 42.5 Å². The molecule has 0 saturated carbocycles. The van der Waals surface area contributed by atoms with E-state index in [1.807, 2.05) is 12.1 Å². The van der Waals surface area contributed by atoms with Crippen molar-refractivity contribution in [2.75, 3.05) is 7.11 Å². The Kier molecular flexibility index (Phi) is 7.10. The number of fused-ring (bicyclic) bond motifs is 1. The molecule has 0 saturated heterocycles. The Morgan fingerprint density at radius 3 is 1.96 bits per heavy atom. The lowest BCUT2D eigenvalue weighted by molar-refractivity contribution is -0.145. The van der Waals surface area contributed by atoms with E-state index in [2.05, 4.69) is 78.8 Å². The highest BCUT2D eigenvalue weighted by atomic mass is 28.4. The molecule has 0 aliphatic heterocycles. The third kappa shape index (κ3) is 4.33. The molecule has 0 bridgehead atoms. The Morgan fingerprint density at radius 2 is 1.46 bits per heavy atom. The summed E-state index contributed by atoms with van der Waals surface area (Å²) in [6.07, 6.45) is 0.211. The number of methoxy groups -OCH3 is 1. The first kappa shape index (κ1) is 22.6. The van der Waals surface area contributed by atoms with Crippen molar-refractivity contribution in [1.82, 2.24) is 0 Å². The van der Waals surface area contributed by atoms with Crippen LogP contribution in [0.1, 0.15) is 60.5 Å². The van der Waals surface area contributed by atoms with Crippen molar-refractivity contribution in [2.45, 2.75) is 77.1 Å². The summed E-state index contributed by atoms with van der Waals surface area (Å²) >= 11 is 0. The Balaban J connectivity index is 2.62. The lowest BCUT2D eigenvalue weighted by Gasteiger charge is -2.48. The third-order valence-electron chi connectivity index (χ3n) is 6.18. The summed E-state index contributed by atoms with van der Waals surface area (Å²) in [4.78, 5) is 12.4. The van der Waals surface area contributed by atoms with Crippen LogP contribution in [0.2, 0.25) is 16.6 Å². The second-order valence-electron chi connectivity index (χ2n) is 8.97. The molecule has 0 aliphatic carbocycles. The van der Waals surface area contributed by atoms with Crippen LogP contribution in [0.25, 0.3) is 10.8 Å². The molecule has 2 rings (SSSR count). The Labute approximate surface area is 171 Å². The maximum Gasteiger partial charge on any atom is 0.308 e. The van der Waals surface area contributed by atoms with E-state index >= 15 is 0 Å². The number of ether oxygens (including phenoxy) is 1. The second kappa shape index (κ2) is 8.79. The summed E-state index contributed by atoms with van der Waals surface area (Å²) in [5.74, 6) is -0.241. The number of rotatable bonds is 8. The van der Waals surface area contributed by atoms with Crippen LogP contribution in [-0.2, 0) is 19.6 Å². The van der Waals surface area contributed by atoms with Gasteiger partial charge in [-0.1, -0.05) is 77.9 Å². The molecule has 0 N–H and O–H groups in total. The average Bonchev–Trinajstić information content (AvgIpc) is 2.64. The van der Waals surface area contributed by atoms with Gasteiger partial charge >= 0.3 is 5.97 Å². The van der Waals surface area contributed by atoms with Crippen molar-refractivity contribution in [3.63, 3.8) is 0 Å². The average molecular weight is 401 g/mol. The van der Waals surface area contributed by atoms with Crippen molar-refractivity contribution in [3.8, 4) is 0 Å². The van der Waals surface area contributed by atoms with Crippen molar-refractivity contribution >= 4 is 25.1 Å². The van der Waals surface area contributed by atoms with Crippen molar-refractivity contribution in [1.29, 1.82) is 0 Å². The van der Waals surface area contributed by atoms with Crippen LogP contribution in [0, 0.1) is 0 Å². The van der Waals surface area contributed by atoms with Gasteiger partial charge in [-0.25, -0.2) is 0 Å². The Morgan fingerprint density at radius 1 is 0.929 bits per heavy atom. The van der Waals surface area contributed by atoms with Gasteiger partial charge in [0.05, 0.1) is 19.1 Å². The third-order valence-corrected chi connectivity index (χ3v) is 12.4. The molecule has 0 heterocycles. The molecule has 28 heavy (non-hydrogen) atoms. The van der Waals surface area contributed by atoms with Crippen LogP contribution in [-0.4, -0.2) is 21.4 Å². The predicted molar refractivity (Wildman–Crippen MR) is 120 cm³/mol. The molecule has 0 aliphatic rings. The number of esters is 1.